The molecule has 1 N–H and O–H groups in total. The van der Waals surface area contributed by atoms with Crippen molar-refractivity contribution in [3.63, 3.8) is 0 Å². The monoisotopic (exact) mass is 260 g/mol. The molecule has 0 aliphatic carbocycles. The zero-order valence-corrected chi connectivity index (χ0v) is 11.1. The summed E-state index contributed by atoms with van der Waals surface area (Å²) in [5.41, 5.74) is 0.771. The third kappa shape index (κ3) is 2.47. The highest BCUT2D eigenvalue weighted by molar-refractivity contribution is 5.88. The Hall–Kier alpha value is -2.23. The molecule has 0 saturated carbocycles. The molecule has 19 heavy (non-hydrogen) atoms. The Morgan fingerprint density at radius 1 is 1.05 bits per heavy atom. The second-order valence-corrected chi connectivity index (χ2v) is 4.37. The lowest BCUT2D eigenvalue weighted by Crippen LogP contribution is -2.07. The number of hydrogen-bond acceptors (Lipinski definition) is 3. The van der Waals surface area contributed by atoms with Gasteiger partial charge in [0.2, 0.25) is 0 Å². The molecule has 0 saturated heterocycles. The molecule has 0 aromatic heterocycles. The van der Waals surface area contributed by atoms with Crippen LogP contribution in [-0.4, -0.2) is 25.3 Å². The number of carboxylic acids is 1. The summed E-state index contributed by atoms with van der Waals surface area (Å²) in [5.74, 6) is -0.0681. The van der Waals surface area contributed by atoms with Crippen LogP contribution in [0.25, 0.3) is 10.8 Å². The Labute approximate surface area is 111 Å². The number of ether oxygens (including phenoxy) is 2. The van der Waals surface area contributed by atoms with Crippen LogP contribution in [0.3, 0.4) is 0 Å². The first-order valence-electron chi connectivity index (χ1n) is 5.95. The van der Waals surface area contributed by atoms with Crippen LogP contribution in [0.1, 0.15) is 18.4 Å². The molecule has 0 heterocycles. The molecule has 2 aromatic rings. The fourth-order valence-electron chi connectivity index (χ4n) is 2.01. The molecule has 0 amide bonds. The van der Waals surface area contributed by atoms with Crippen LogP contribution >= 0.6 is 0 Å². The molecule has 0 fully saturated rings. The van der Waals surface area contributed by atoms with Crippen molar-refractivity contribution < 1.29 is 19.4 Å². The number of hydrogen-bond donors (Lipinski definition) is 1. The van der Waals surface area contributed by atoms with E-state index in [2.05, 4.69) is 0 Å². The zero-order chi connectivity index (χ0) is 14.0. The van der Waals surface area contributed by atoms with Gasteiger partial charge in [-0.15, -0.1) is 0 Å². The second kappa shape index (κ2) is 5.18. The summed E-state index contributed by atoms with van der Waals surface area (Å²) in [6.07, 6.45) is 0. The lowest BCUT2D eigenvalue weighted by Gasteiger charge is -2.11. The quantitative estimate of drug-likeness (QED) is 0.918. The van der Waals surface area contributed by atoms with Gasteiger partial charge in [0, 0.05) is 0 Å². The highest BCUT2D eigenvalue weighted by Crippen LogP contribution is 2.33. The molecule has 0 bridgehead atoms. The van der Waals surface area contributed by atoms with Gasteiger partial charge in [-0.25, -0.2) is 0 Å². The van der Waals surface area contributed by atoms with Crippen LogP contribution < -0.4 is 9.47 Å². The van der Waals surface area contributed by atoms with Crippen LogP contribution in [0.4, 0.5) is 0 Å². The Bertz CT molecular complexity index is 619. The summed E-state index contributed by atoms with van der Waals surface area (Å²) in [6.45, 7) is 1.67. The zero-order valence-electron chi connectivity index (χ0n) is 11.1. The summed E-state index contributed by atoms with van der Waals surface area (Å²) in [5, 5.41) is 11.0. The SMILES string of the molecule is COc1cc2ccc(C(C)C(=O)O)cc2cc1OC. The molecule has 2 rings (SSSR count). The molecule has 0 aliphatic rings. The number of carboxylic acid groups (broad SMARTS) is 1. The predicted molar refractivity (Wildman–Crippen MR) is 73.1 cm³/mol. The third-order valence-electron chi connectivity index (χ3n) is 3.24. The van der Waals surface area contributed by atoms with Crippen molar-refractivity contribution in [3.8, 4) is 11.5 Å². The Kier molecular flexibility index (Phi) is 3.60. The lowest BCUT2D eigenvalue weighted by molar-refractivity contribution is -0.138. The van der Waals surface area contributed by atoms with E-state index in [4.69, 9.17) is 14.6 Å². The fourth-order valence-corrected chi connectivity index (χ4v) is 2.01. The van der Waals surface area contributed by atoms with Gasteiger partial charge in [0.15, 0.2) is 11.5 Å². The van der Waals surface area contributed by atoms with E-state index in [0.717, 1.165) is 16.3 Å². The maximum absolute atomic E-state index is 11.0. The number of fused-ring (bicyclic) bond motifs is 1. The highest BCUT2D eigenvalue weighted by atomic mass is 16.5. The molecule has 2 aromatic carbocycles. The van der Waals surface area contributed by atoms with Crippen molar-refractivity contribution >= 4 is 16.7 Å². The van der Waals surface area contributed by atoms with Crippen LogP contribution in [-0.2, 0) is 4.79 Å². The summed E-state index contributed by atoms with van der Waals surface area (Å²) in [4.78, 5) is 11.0. The second-order valence-electron chi connectivity index (χ2n) is 4.37. The van der Waals surface area contributed by atoms with Gasteiger partial charge >= 0.3 is 5.97 Å². The smallest absolute Gasteiger partial charge is 0.310 e. The number of carbonyl (C=O) groups is 1. The third-order valence-corrected chi connectivity index (χ3v) is 3.24. The van der Waals surface area contributed by atoms with Gasteiger partial charge in [0.05, 0.1) is 20.1 Å². The van der Waals surface area contributed by atoms with Crippen LogP contribution in [0.15, 0.2) is 30.3 Å². The van der Waals surface area contributed by atoms with Crippen LogP contribution in [0, 0.1) is 0 Å². The first-order valence-corrected chi connectivity index (χ1v) is 5.95. The van der Waals surface area contributed by atoms with Gasteiger partial charge in [-0.3, -0.25) is 4.79 Å². The van der Waals surface area contributed by atoms with Crippen LogP contribution in [0.2, 0.25) is 0 Å². The molecular formula is C15H16O4. The Balaban J connectivity index is 2.56. The minimum atomic E-state index is -0.833. The molecule has 0 aliphatic heterocycles. The molecule has 100 valence electrons. The van der Waals surface area contributed by atoms with E-state index < -0.39 is 11.9 Å². The van der Waals surface area contributed by atoms with Gasteiger partial charge in [-0.2, -0.15) is 0 Å². The van der Waals surface area contributed by atoms with E-state index in [9.17, 15) is 4.79 Å². The van der Waals surface area contributed by atoms with Gasteiger partial charge < -0.3 is 14.6 Å². The average molecular weight is 260 g/mol. The van der Waals surface area contributed by atoms with Gasteiger partial charge in [0.1, 0.15) is 0 Å². The Morgan fingerprint density at radius 3 is 2.16 bits per heavy atom. The average Bonchev–Trinajstić information content (AvgIpc) is 2.44. The van der Waals surface area contributed by atoms with E-state index in [1.54, 1.807) is 21.1 Å². The first kappa shape index (κ1) is 13.2. The van der Waals surface area contributed by atoms with Crippen molar-refractivity contribution in [1.29, 1.82) is 0 Å². The van der Waals surface area contributed by atoms with E-state index in [1.165, 1.54) is 0 Å². The molecule has 4 heteroatoms. The molecular weight excluding hydrogens is 244 g/mol. The standard InChI is InChI=1S/C15H16O4/c1-9(15(16)17)10-4-5-11-7-13(18-2)14(19-3)8-12(11)6-10/h4-9H,1-3H3,(H,16,17). The number of methoxy groups -OCH3 is 2. The number of rotatable bonds is 4. The maximum Gasteiger partial charge on any atom is 0.310 e. The van der Waals surface area contributed by atoms with Gasteiger partial charge in [-0.05, 0) is 35.4 Å². The van der Waals surface area contributed by atoms with Crippen molar-refractivity contribution in [3.05, 3.63) is 35.9 Å². The van der Waals surface area contributed by atoms with Crippen molar-refractivity contribution in [2.24, 2.45) is 0 Å². The van der Waals surface area contributed by atoms with E-state index in [1.807, 2.05) is 30.3 Å². The maximum atomic E-state index is 11.0. The molecule has 0 radical (unpaired) electrons. The molecule has 0 spiro atoms. The van der Waals surface area contributed by atoms with Crippen molar-refractivity contribution in [2.45, 2.75) is 12.8 Å². The summed E-state index contributed by atoms with van der Waals surface area (Å²) < 4.78 is 10.5. The fraction of sp³-hybridized carbons (Fsp3) is 0.267. The summed E-state index contributed by atoms with van der Waals surface area (Å²) >= 11 is 0. The first-order chi connectivity index (χ1) is 9.06. The van der Waals surface area contributed by atoms with Crippen molar-refractivity contribution in [2.75, 3.05) is 14.2 Å². The van der Waals surface area contributed by atoms with E-state index >= 15 is 0 Å². The van der Waals surface area contributed by atoms with Gasteiger partial charge in [0.25, 0.3) is 0 Å². The summed E-state index contributed by atoms with van der Waals surface area (Å²) in [7, 11) is 3.16. The number of aliphatic carboxylic acids is 1. The van der Waals surface area contributed by atoms with Gasteiger partial charge in [-0.1, -0.05) is 18.2 Å². The Morgan fingerprint density at radius 2 is 1.63 bits per heavy atom. The predicted octanol–water partition coefficient (Wildman–Crippen LogP) is 3.05. The molecule has 4 nitrogen and oxygen atoms in total. The minimum Gasteiger partial charge on any atom is -0.493 e. The highest BCUT2D eigenvalue weighted by Gasteiger charge is 2.14. The van der Waals surface area contributed by atoms with Crippen molar-refractivity contribution in [1.82, 2.24) is 0 Å². The lowest BCUT2D eigenvalue weighted by atomic mass is 9.97. The topological polar surface area (TPSA) is 55.8 Å². The molecule has 1 unspecified atom stereocenters. The largest absolute Gasteiger partial charge is 0.493 e. The van der Waals surface area contributed by atoms with E-state index in [0.29, 0.717) is 11.5 Å². The number of benzene rings is 2. The minimum absolute atomic E-state index is 0.530. The van der Waals surface area contributed by atoms with Crippen LogP contribution in [0.5, 0.6) is 11.5 Å². The normalized spacial score (nSPS) is 12.2. The van der Waals surface area contributed by atoms with E-state index in [-0.39, 0.29) is 0 Å². The molecule has 1 atom stereocenters. The summed E-state index contributed by atoms with van der Waals surface area (Å²) in [6, 6.07) is 9.32.